The number of hydrogen-bond acceptors (Lipinski definition) is 5. The smallest absolute Gasteiger partial charge is 0.371 e. The number of carbonyl (C=O) groups is 1. The number of likely N-dealkylation sites (N-methyl/N-ethyl adjacent to an activating group) is 1. The van der Waals surface area contributed by atoms with Crippen LogP contribution in [0.25, 0.3) is 0 Å². The molecule has 1 aromatic heterocycles. The Morgan fingerprint density at radius 2 is 2.11 bits per heavy atom. The van der Waals surface area contributed by atoms with Crippen LogP contribution < -0.4 is 0 Å². The van der Waals surface area contributed by atoms with Crippen molar-refractivity contribution in [2.75, 3.05) is 13.7 Å². The molecule has 18 heavy (non-hydrogen) atoms. The zero-order valence-electron chi connectivity index (χ0n) is 10.2. The van der Waals surface area contributed by atoms with Crippen LogP contribution in [0.1, 0.15) is 23.2 Å². The Hall–Kier alpha value is -1.38. The fourth-order valence-electron chi connectivity index (χ4n) is 1.33. The summed E-state index contributed by atoms with van der Waals surface area (Å²) in [5.74, 6) is -1.77. The molecule has 1 rings (SSSR count). The first kappa shape index (κ1) is 14.7. The van der Waals surface area contributed by atoms with Crippen molar-refractivity contribution in [3.05, 3.63) is 17.6 Å². The Labute approximate surface area is 105 Å². The van der Waals surface area contributed by atoms with Crippen LogP contribution in [-0.4, -0.2) is 48.6 Å². The molecule has 0 amide bonds. The minimum atomic E-state index is -3.88. The predicted octanol–water partition coefficient (Wildman–Crippen LogP) is 0.288. The van der Waals surface area contributed by atoms with Gasteiger partial charge in [-0.2, -0.15) is 4.31 Å². The molecule has 7 nitrogen and oxygen atoms in total. The summed E-state index contributed by atoms with van der Waals surface area (Å²) in [6.45, 7) is 2.57. The Kier molecular flexibility index (Phi) is 4.15. The van der Waals surface area contributed by atoms with Gasteiger partial charge in [-0.25, -0.2) is 13.2 Å². The van der Waals surface area contributed by atoms with Gasteiger partial charge in [0, 0.05) is 19.2 Å². The van der Waals surface area contributed by atoms with Crippen molar-refractivity contribution >= 4 is 16.0 Å². The number of aromatic carboxylic acids is 1. The topological polar surface area (TPSA) is 108 Å². The van der Waals surface area contributed by atoms with E-state index in [1.54, 1.807) is 0 Å². The van der Waals surface area contributed by atoms with Gasteiger partial charge in [-0.15, -0.1) is 0 Å². The molecule has 0 saturated carbocycles. The van der Waals surface area contributed by atoms with Gasteiger partial charge in [0.15, 0.2) is 0 Å². The summed E-state index contributed by atoms with van der Waals surface area (Å²) >= 11 is 0. The van der Waals surface area contributed by atoms with E-state index < -0.39 is 27.8 Å². The Balaban J connectivity index is 3.24. The van der Waals surface area contributed by atoms with Gasteiger partial charge >= 0.3 is 5.97 Å². The van der Waals surface area contributed by atoms with Gasteiger partial charge in [0.2, 0.25) is 15.8 Å². The first-order valence-electron chi connectivity index (χ1n) is 5.14. The van der Waals surface area contributed by atoms with Crippen LogP contribution in [-0.2, 0) is 10.0 Å². The molecule has 1 atom stereocenters. The standard InChI is InChI=1S/C10H15NO6S/c1-6(5-12)11(3)18(15,16)9-4-8(10(13)14)17-7(9)2/h4,6,12H,5H2,1-3H3,(H,13,14). The summed E-state index contributed by atoms with van der Waals surface area (Å²) in [7, 11) is -2.57. The van der Waals surface area contributed by atoms with Crippen LogP contribution in [0.15, 0.2) is 15.4 Å². The number of furan rings is 1. The third-order valence-corrected chi connectivity index (χ3v) is 4.70. The highest BCUT2D eigenvalue weighted by molar-refractivity contribution is 7.89. The van der Waals surface area contributed by atoms with Crippen LogP contribution in [0.2, 0.25) is 0 Å². The summed E-state index contributed by atoms with van der Waals surface area (Å²) in [4.78, 5) is 10.5. The monoisotopic (exact) mass is 277 g/mol. The molecule has 0 aliphatic heterocycles. The van der Waals surface area contributed by atoms with E-state index in [0.717, 1.165) is 10.4 Å². The first-order valence-corrected chi connectivity index (χ1v) is 6.58. The lowest BCUT2D eigenvalue weighted by Crippen LogP contribution is -2.37. The van der Waals surface area contributed by atoms with Crippen LogP contribution >= 0.6 is 0 Å². The maximum Gasteiger partial charge on any atom is 0.371 e. The summed E-state index contributed by atoms with van der Waals surface area (Å²) in [6.07, 6.45) is 0. The fraction of sp³-hybridized carbons (Fsp3) is 0.500. The van der Waals surface area contributed by atoms with E-state index in [1.165, 1.54) is 20.9 Å². The molecule has 0 fully saturated rings. The van der Waals surface area contributed by atoms with Gasteiger partial charge in [-0.05, 0) is 13.8 Å². The zero-order chi connectivity index (χ0) is 14.1. The van der Waals surface area contributed by atoms with E-state index in [2.05, 4.69) is 0 Å². The number of carboxylic acids is 1. The Morgan fingerprint density at radius 1 is 1.56 bits per heavy atom. The molecular formula is C10H15NO6S. The van der Waals surface area contributed by atoms with Gasteiger partial charge in [-0.1, -0.05) is 0 Å². The Bertz CT molecular complexity index is 547. The average molecular weight is 277 g/mol. The fourth-order valence-corrected chi connectivity index (χ4v) is 2.85. The summed E-state index contributed by atoms with van der Waals surface area (Å²) in [5, 5.41) is 17.7. The average Bonchev–Trinajstić information content (AvgIpc) is 2.70. The highest BCUT2D eigenvalue weighted by Gasteiger charge is 2.30. The van der Waals surface area contributed by atoms with Crippen molar-refractivity contribution in [1.29, 1.82) is 0 Å². The maximum absolute atomic E-state index is 12.2. The van der Waals surface area contributed by atoms with Gasteiger partial charge in [-0.3, -0.25) is 0 Å². The van der Waals surface area contributed by atoms with E-state index in [9.17, 15) is 13.2 Å². The molecule has 0 aliphatic rings. The number of nitrogens with zero attached hydrogens (tertiary/aromatic N) is 1. The molecule has 0 saturated heterocycles. The van der Waals surface area contributed by atoms with Crippen LogP contribution in [0.3, 0.4) is 0 Å². The molecule has 0 bridgehead atoms. The lowest BCUT2D eigenvalue weighted by molar-refractivity contribution is 0.0661. The number of aryl methyl sites for hydroxylation is 1. The highest BCUT2D eigenvalue weighted by Crippen LogP contribution is 2.24. The van der Waals surface area contributed by atoms with Gasteiger partial charge in [0.05, 0.1) is 6.61 Å². The SMILES string of the molecule is Cc1oc(C(=O)O)cc1S(=O)(=O)N(C)C(C)CO. The molecule has 8 heteroatoms. The largest absolute Gasteiger partial charge is 0.475 e. The van der Waals surface area contributed by atoms with E-state index in [4.69, 9.17) is 14.6 Å². The number of rotatable bonds is 5. The number of carboxylic acid groups (broad SMARTS) is 1. The first-order chi connectivity index (χ1) is 8.21. The molecule has 0 radical (unpaired) electrons. The number of aliphatic hydroxyl groups is 1. The van der Waals surface area contributed by atoms with E-state index in [-0.39, 0.29) is 17.3 Å². The number of sulfonamides is 1. The lowest BCUT2D eigenvalue weighted by Gasteiger charge is -2.21. The molecular weight excluding hydrogens is 262 g/mol. The molecule has 102 valence electrons. The Morgan fingerprint density at radius 3 is 2.50 bits per heavy atom. The zero-order valence-corrected chi connectivity index (χ0v) is 11.1. The second-order valence-electron chi connectivity index (χ2n) is 3.89. The van der Waals surface area contributed by atoms with Crippen LogP contribution in [0.5, 0.6) is 0 Å². The van der Waals surface area contributed by atoms with Crippen molar-refractivity contribution in [2.24, 2.45) is 0 Å². The lowest BCUT2D eigenvalue weighted by atomic mass is 10.4. The van der Waals surface area contributed by atoms with Crippen molar-refractivity contribution in [3.63, 3.8) is 0 Å². The van der Waals surface area contributed by atoms with E-state index >= 15 is 0 Å². The third-order valence-electron chi connectivity index (χ3n) is 2.62. The minimum Gasteiger partial charge on any atom is -0.475 e. The highest BCUT2D eigenvalue weighted by atomic mass is 32.2. The van der Waals surface area contributed by atoms with Crippen molar-refractivity contribution in [1.82, 2.24) is 4.31 Å². The molecule has 1 heterocycles. The summed E-state index contributed by atoms with van der Waals surface area (Å²) in [5.41, 5.74) is 0. The minimum absolute atomic E-state index is 0.00406. The normalized spacial score (nSPS) is 13.8. The molecule has 2 N–H and O–H groups in total. The van der Waals surface area contributed by atoms with Crippen LogP contribution in [0, 0.1) is 6.92 Å². The second kappa shape index (κ2) is 5.09. The summed E-state index contributed by atoms with van der Waals surface area (Å²) in [6, 6.07) is 0.353. The number of hydrogen-bond donors (Lipinski definition) is 2. The summed E-state index contributed by atoms with van der Waals surface area (Å²) < 4.78 is 30.1. The van der Waals surface area contributed by atoms with Gasteiger partial charge < -0.3 is 14.6 Å². The van der Waals surface area contributed by atoms with Crippen LogP contribution in [0.4, 0.5) is 0 Å². The van der Waals surface area contributed by atoms with E-state index in [0.29, 0.717) is 0 Å². The third kappa shape index (κ3) is 2.55. The van der Waals surface area contributed by atoms with Gasteiger partial charge in [0.25, 0.3) is 0 Å². The van der Waals surface area contributed by atoms with Crippen molar-refractivity contribution in [2.45, 2.75) is 24.8 Å². The molecule has 0 aliphatic carbocycles. The molecule has 0 aromatic carbocycles. The maximum atomic E-state index is 12.2. The predicted molar refractivity (Wildman–Crippen MR) is 61.9 cm³/mol. The molecule has 0 spiro atoms. The van der Waals surface area contributed by atoms with E-state index in [1.807, 2.05) is 0 Å². The van der Waals surface area contributed by atoms with Crippen molar-refractivity contribution in [3.8, 4) is 0 Å². The second-order valence-corrected chi connectivity index (χ2v) is 5.86. The number of aliphatic hydroxyl groups excluding tert-OH is 1. The quantitative estimate of drug-likeness (QED) is 0.800. The molecule has 1 aromatic rings. The van der Waals surface area contributed by atoms with Gasteiger partial charge in [0.1, 0.15) is 10.7 Å². The van der Waals surface area contributed by atoms with Crippen molar-refractivity contribution < 1.29 is 27.8 Å². The molecule has 1 unspecified atom stereocenters.